The fourth-order valence-electron chi connectivity index (χ4n) is 2.28. The van der Waals surface area contributed by atoms with Crippen molar-refractivity contribution in [3.05, 3.63) is 18.0 Å². The number of aryl methyl sites for hydroxylation is 1. The Balaban J connectivity index is 1.80. The van der Waals surface area contributed by atoms with Crippen molar-refractivity contribution in [2.75, 3.05) is 31.5 Å². The highest BCUT2D eigenvalue weighted by Crippen LogP contribution is 2.13. The van der Waals surface area contributed by atoms with Gasteiger partial charge in [-0.15, -0.1) is 0 Å². The lowest BCUT2D eigenvalue weighted by Gasteiger charge is -2.31. The Bertz CT molecular complexity index is 343. The Morgan fingerprint density at radius 1 is 1.33 bits per heavy atom. The van der Waals surface area contributed by atoms with E-state index in [0.29, 0.717) is 6.04 Å². The standard InChI is InChI=1S/C13H23N5/c1-2-11-9-15-13(16-10-11)17-12-3-6-18(7-4-12)8-5-14/h9-10,12H,2-8,14H2,1H3,(H,15,16,17). The van der Waals surface area contributed by atoms with E-state index >= 15 is 0 Å². The van der Waals surface area contributed by atoms with Crippen LogP contribution in [-0.4, -0.2) is 47.1 Å². The second kappa shape index (κ2) is 6.66. The molecule has 1 aromatic rings. The number of hydrogen-bond acceptors (Lipinski definition) is 5. The molecule has 1 saturated heterocycles. The van der Waals surface area contributed by atoms with Gasteiger partial charge in [-0.3, -0.25) is 0 Å². The van der Waals surface area contributed by atoms with Gasteiger partial charge in [0.1, 0.15) is 0 Å². The zero-order valence-electron chi connectivity index (χ0n) is 11.1. The molecule has 18 heavy (non-hydrogen) atoms. The quantitative estimate of drug-likeness (QED) is 0.810. The van der Waals surface area contributed by atoms with Gasteiger partial charge in [0.05, 0.1) is 0 Å². The molecule has 3 N–H and O–H groups in total. The molecule has 5 heteroatoms. The molecule has 1 aliphatic rings. The zero-order chi connectivity index (χ0) is 12.8. The van der Waals surface area contributed by atoms with Crippen LogP contribution in [0.5, 0.6) is 0 Å². The van der Waals surface area contributed by atoms with Crippen molar-refractivity contribution in [2.24, 2.45) is 5.73 Å². The topological polar surface area (TPSA) is 67.1 Å². The number of nitrogens with one attached hydrogen (secondary N) is 1. The van der Waals surface area contributed by atoms with Gasteiger partial charge >= 0.3 is 0 Å². The summed E-state index contributed by atoms with van der Waals surface area (Å²) >= 11 is 0. The third-order valence-corrected chi connectivity index (χ3v) is 3.48. The number of aromatic nitrogens is 2. The first-order valence-electron chi connectivity index (χ1n) is 6.81. The molecule has 0 spiro atoms. The van der Waals surface area contributed by atoms with Gasteiger partial charge in [-0.1, -0.05) is 6.92 Å². The average molecular weight is 249 g/mol. The van der Waals surface area contributed by atoms with Gasteiger partial charge in [-0.25, -0.2) is 9.97 Å². The number of piperidine rings is 1. The van der Waals surface area contributed by atoms with E-state index in [1.807, 2.05) is 12.4 Å². The molecule has 0 radical (unpaired) electrons. The second-order valence-electron chi connectivity index (χ2n) is 4.82. The van der Waals surface area contributed by atoms with E-state index in [0.717, 1.165) is 51.4 Å². The maximum Gasteiger partial charge on any atom is 0.222 e. The lowest BCUT2D eigenvalue weighted by Crippen LogP contribution is -2.41. The van der Waals surface area contributed by atoms with Crippen LogP contribution in [0.2, 0.25) is 0 Å². The molecule has 0 bridgehead atoms. The van der Waals surface area contributed by atoms with Crippen molar-refractivity contribution >= 4 is 5.95 Å². The number of nitrogens with two attached hydrogens (primary N) is 1. The fraction of sp³-hybridized carbons (Fsp3) is 0.692. The minimum atomic E-state index is 0.492. The summed E-state index contributed by atoms with van der Waals surface area (Å²) in [5.74, 6) is 0.754. The molecule has 0 atom stereocenters. The van der Waals surface area contributed by atoms with Crippen LogP contribution >= 0.6 is 0 Å². The molecular weight excluding hydrogens is 226 g/mol. The number of anilines is 1. The highest BCUT2D eigenvalue weighted by molar-refractivity contribution is 5.26. The molecule has 1 fully saturated rings. The highest BCUT2D eigenvalue weighted by atomic mass is 15.2. The largest absolute Gasteiger partial charge is 0.351 e. The molecule has 2 rings (SSSR count). The van der Waals surface area contributed by atoms with Gasteiger partial charge in [0.15, 0.2) is 0 Å². The van der Waals surface area contributed by atoms with E-state index in [9.17, 15) is 0 Å². The van der Waals surface area contributed by atoms with E-state index in [1.165, 1.54) is 5.56 Å². The summed E-state index contributed by atoms with van der Waals surface area (Å²) in [7, 11) is 0. The summed E-state index contributed by atoms with van der Waals surface area (Å²) in [6.07, 6.45) is 7.06. The third kappa shape index (κ3) is 3.65. The monoisotopic (exact) mass is 249 g/mol. The molecule has 0 saturated carbocycles. The first kappa shape index (κ1) is 13.2. The Morgan fingerprint density at radius 3 is 2.56 bits per heavy atom. The Morgan fingerprint density at radius 2 is 2.00 bits per heavy atom. The van der Waals surface area contributed by atoms with Crippen LogP contribution in [0.1, 0.15) is 25.3 Å². The van der Waals surface area contributed by atoms with Crippen LogP contribution in [0.15, 0.2) is 12.4 Å². The van der Waals surface area contributed by atoms with E-state index in [1.54, 1.807) is 0 Å². The van der Waals surface area contributed by atoms with Crippen molar-refractivity contribution in [1.82, 2.24) is 14.9 Å². The molecule has 0 unspecified atom stereocenters. The van der Waals surface area contributed by atoms with Gasteiger partial charge in [-0.2, -0.15) is 0 Å². The van der Waals surface area contributed by atoms with Gasteiger partial charge in [0.25, 0.3) is 0 Å². The molecule has 0 amide bonds. The average Bonchev–Trinajstić information content (AvgIpc) is 2.42. The summed E-state index contributed by atoms with van der Waals surface area (Å²) in [5, 5.41) is 3.41. The van der Waals surface area contributed by atoms with Crippen LogP contribution in [0, 0.1) is 0 Å². The summed E-state index contributed by atoms with van der Waals surface area (Å²) < 4.78 is 0. The Labute approximate surface area is 109 Å². The minimum absolute atomic E-state index is 0.492. The zero-order valence-corrected chi connectivity index (χ0v) is 11.1. The van der Waals surface area contributed by atoms with Crippen LogP contribution < -0.4 is 11.1 Å². The van der Waals surface area contributed by atoms with Crippen molar-refractivity contribution in [2.45, 2.75) is 32.2 Å². The molecule has 2 heterocycles. The molecular formula is C13H23N5. The third-order valence-electron chi connectivity index (χ3n) is 3.48. The number of likely N-dealkylation sites (tertiary alicyclic amines) is 1. The summed E-state index contributed by atoms with van der Waals surface area (Å²) in [6, 6.07) is 0.492. The predicted molar refractivity (Wildman–Crippen MR) is 73.5 cm³/mol. The summed E-state index contributed by atoms with van der Waals surface area (Å²) in [5.41, 5.74) is 6.75. The molecule has 0 aliphatic carbocycles. The van der Waals surface area contributed by atoms with E-state index in [-0.39, 0.29) is 0 Å². The van der Waals surface area contributed by atoms with Crippen molar-refractivity contribution in [3.8, 4) is 0 Å². The van der Waals surface area contributed by atoms with Crippen LogP contribution in [0.4, 0.5) is 5.95 Å². The highest BCUT2D eigenvalue weighted by Gasteiger charge is 2.18. The van der Waals surface area contributed by atoms with Crippen molar-refractivity contribution < 1.29 is 0 Å². The lowest BCUT2D eigenvalue weighted by molar-refractivity contribution is 0.224. The van der Waals surface area contributed by atoms with Crippen LogP contribution in [0.25, 0.3) is 0 Å². The molecule has 1 aliphatic heterocycles. The SMILES string of the molecule is CCc1cnc(NC2CCN(CCN)CC2)nc1. The number of rotatable bonds is 5. The van der Waals surface area contributed by atoms with Gasteiger partial charge in [-0.05, 0) is 24.8 Å². The van der Waals surface area contributed by atoms with Gasteiger partial charge in [0.2, 0.25) is 5.95 Å². The maximum absolute atomic E-state index is 5.57. The fourth-order valence-corrected chi connectivity index (χ4v) is 2.28. The normalized spacial score (nSPS) is 17.9. The molecule has 1 aromatic heterocycles. The van der Waals surface area contributed by atoms with Crippen LogP contribution in [0.3, 0.4) is 0 Å². The van der Waals surface area contributed by atoms with E-state index in [2.05, 4.69) is 27.1 Å². The van der Waals surface area contributed by atoms with E-state index in [4.69, 9.17) is 5.73 Å². The minimum Gasteiger partial charge on any atom is -0.351 e. The summed E-state index contributed by atoms with van der Waals surface area (Å²) in [4.78, 5) is 11.1. The smallest absolute Gasteiger partial charge is 0.222 e. The van der Waals surface area contributed by atoms with Crippen molar-refractivity contribution in [1.29, 1.82) is 0 Å². The maximum atomic E-state index is 5.57. The molecule has 0 aromatic carbocycles. The van der Waals surface area contributed by atoms with Crippen LogP contribution in [-0.2, 0) is 6.42 Å². The lowest BCUT2D eigenvalue weighted by atomic mass is 10.1. The first-order chi connectivity index (χ1) is 8.81. The molecule has 5 nitrogen and oxygen atoms in total. The summed E-state index contributed by atoms with van der Waals surface area (Å²) in [6.45, 7) is 6.09. The first-order valence-corrected chi connectivity index (χ1v) is 6.81. The predicted octanol–water partition coefficient (Wildman–Crippen LogP) is 0.874. The van der Waals surface area contributed by atoms with Gasteiger partial charge in [0, 0.05) is 44.6 Å². The van der Waals surface area contributed by atoms with Gasteiger partial charge < -0.3 is 16.0 Å². The Hall–Kier alpha value is -1.20. The van der Waals surface area contributed by atoms with Crippen molar-refractivity contribution in [3.63, 3.8) is 0 Å². The number of nitrogens with zero attached hydrogens (tertiary/aromatic N) is 3. The van der Waals surface area contributed by atoms with E-state index < -0.39 is 0 Å². The second-order valence-corrected chi connectivity index (χ2v) is 4.82. The number of hydrogen-bond donors (Lipinski definition) is 2. The Kier molecular flexibility index (Phi) is 4.90. The molecule has 100 valence electrons.